The van der Waals surface area contributed by atoms with Gasteiger partial charge in [0.2, 0.25) is 5.91 Å². The van der Waals surface area contributed by atoms with Gasteiger partial charge in [0.05, 0.1) is 12.6 Å². The summed E-state index contributed by atoms with van der Waals surface area (Å²) in [5.74, 6) is -0.843. The van der Waals surface area contributed by atoms with Gasteiger partial charge in [-0.15, -0.1) is 0 Å². The Morgan fingerprint density at radius 3 is 2.31 bits per heavy atom. The van der Waals surface area contributed by atoms with E-state index in [1.54, 1.807) is 46.5 Å². The zero-order valence-corrected chi connectivity index (χ0v) is 21.2. The molecule has 0 radical (unpaired) electrons. The first-order valence-corrected chi connectivity index (χ1v) is 12.3. The lowest BCUT2D eigenvalue weighted by atomic mass is 10.0. The highest BCUT2D eigenvalue weighted by Crippen LogP contribution is 2.31. The molecular weight excluding hydrogens is 458 g/mol. The number of carbonyl (C=O) groups excluding carboxylic acids is 4. The van der Waals surface area contributed by atoms with Gasteiger partial charge < -0.3 is 20.0 Å². The Morgan fingerprint density at radius 2 is 1.69 bits per heavy atom. The van der Waals surface area contributed by atoms with Crippen molar-refractivity contribution in [2.24, 2.45) is 5.92 Å². The lowest BCUT2D eigenvalue weighted by Gasteiger charge is -2.29. The number of nitrogens with zero attached hydrogens (tertiary/aromatic N) is 4. The normalized spacial score (nSPS) is 19.9. The van der Waals surface area contributed by atoms with E-state index in [9.17, 15) is 19.2 Å². The Hall–Kier alpha value is -3.75. The third-order valence-electron chi connectivity index (χ3n) is 6.85. The molecule has 3 unspecified atom stereocenters. The molecular formula is C27H33N5O4. The van der Waals surface area contributed by atoms with Gasteiger partial charge >= 0.3 is 0 Å². The van der Waals surface area contributed by atoms with Crippen LogP contribution in [-0.4, -0.2) is 83.6 Å². The van der Waals surface area contributed by atoms with Gasteiger partial charge in [-0.1, -0.05) is 13.8 Å². The largest absolute Gasteiger partial charge is 0.378 e. The smallest absolute Gasteiger partial charge is 0.254 e. The minimum absolute atomic E-state index is 0.0281. The molecule has 1 aromatic heterocycles. The van der Waals surface area contributed by atoms with E-state index >= 15 is 0 Å². The van der Waals surface area contributed by atoms with Crippen LogP contribution < -0.4 is 10.2 Å². The summed E-state index contributed by atoms with van der Waals surface area (Å²) >= 11 is 0. The number of fused-ring (bicyclic) bond motifs is 1. The van der Waals surface area contributed by atoms with Crippen LogP contribution in [0.2, 0.25) is 0 Å². The van der Waals surface area contributed by atoms with Crippen LogP contribution in [0, 0.1) is 5.92 Å². The van der Waals surface area contributed by atoms with Crippen LogP contribution in [0.3, 0.4) is 0 Å². The van der Waals surface area contributed by atoms with Gasteiger partial charge in [0.1, 0.15) is 12.1 Å². The van der Waals surface area contributed by atoms with E-state index in [-0.39, 0.29) is 42.0 Å². The first-order chi connectivity index (χ1) is 17.2. The molecule has 9 nitrogen and oxygen atoms in total. The summed E-state index contributed by atoms with van der Waals surface area (Å²) in [6, 6.07) is 8.60. The van der Waals surface area contributed by atoms with E-state index in [1.165, 1.54) is 0 Å². The predicted molar refractivity (Wildman–Crippen MR) is 136 cm³/mol. The second-order valence-corrected chi connectivity index (χ2v) is 10.1. The number of aromatic nitrogens is 1. The summed E-state index contributed by atoms with van der Waals surface area (Å²) in [5.41, 5.74) is 1.90. The molecule has 2 aliphatic rings. The van der Waals surface area contributed by atoms with Crippen LogP contribution in [0.25, 0.3) is 0 Å². The molecule has 1 aromatic carbocycles. The fourth-order valence-electron chi connectivity index (χ4n) is 5.04. The molecule has 0 saturated carbocycles. The van der Waals surface area contributed by atoms with Crippen LogP contribution in [-0.2, 0) is 9.59 Å². The van der Waals surface area contributed by atoms with Gasteiger partial charge in [-0.3, -0.25) is 24.2 Å². The minimum Gasteiger partial charge on any atom is -0.378 e. The van der Waals surface area contributed by atoms with Gasteiger partial charge in [0.15, 0.2) is 5.78 Å². The van der Waals surface area contributed by atoms with Crippen LogP contribution in [0.1, 0.15) is 47.4 Å². The van der Waals surface area contributed by atoms with Crippen LogP contribution in [0.15, 0.2) is 48.8 Å². The molecule has 2 fully saturated rings. The average Bonchev–Trinajstić information content (AvgIpc) is 3.44. The first-order valence-electron chi connectivity index (χ1n) is 12.3. The van der Waals surface area contributed by atoms with Gasteiger partial charge in [0, 0.05) is 49.8 Å². The number of Topliss-reactive ketones (excluding diaryl/α,β-unsaturated/α-hetero) is 1. The molecule has 2 aromatic rings. The first kappa shape index (κ1) is 25.3. The predicted octanol–water partition coefficient (Wildman–Crippen LogP) is 1.99. The maximum atomic E-state index is 13.7. The average molecular weight is 492 g/mol. The Balaban J connectivity index is 1.50. The topological polar surface area (TPSA) is 103 Å². The summed E-state index contributed by atoms with van der Waals surface area (Å²) < 4.78 is 0. The molecule has 4 rings (SSSR count). The molecule has 190 valence electrons. The Labute approximate surface area is 211 Å². The van der Waals surface area contributed by atoms with E-state index in [2.05, 4.69) is 10.3 Å². The molecule has 1 N–H and O–H groups in total. The number of hydrogen-bond donors (Lipinski definition) is 1. The molecule has 0 spiro atoms. The van der Waals surface area contributed by atoms with E-state index in [0.717, 1.165) is 5.69 Å². The van der Waals surface area contributed by atoms with Crippen molar-refractivity contribution in [3.05, 3.63) is 59.9 Å². The van der Waals surface area contributed by atoms with Crippen molar-refractivity contribution in [1.29, 1.82) is 0 Å². The zero-order chi connectivity index (χ0) is 26.0. The summed E-state index contributed by atoms with van der Waals surface area (Å²) in [6.45, 7) is 4.31. The van der Waals surface area contributed by atoms with Crippen molar-refractivity contribution in [3.63, 3.8) is 0 Å². The SMILES string of the molecule is CC(C)CC(NC(=O)c1ccc(N(C)C)cc1)C(=O)N1CCC2C1C(=O)CN2C(=O)c1ccncc1. The Kier molecular flexibility index (Phi) is 7.37. The summed E-state index contributed by atoms with van der Waals surface area (Å²) in [7, 11) is 3.84. The van der Waals surface area contributed by atoms with Crippen LogP contribution in [0.5, 0.6) is 0 Å². The van der Waals surface area contributed by atoms with Gasteiger partial charge in [-0.25, -0.2) is 0 Å². The van der Waals surface area contributed by atoms with Crippen molar-refractivity contribution >= 4 is 29.2 Å². The monoisotopic (exact) mass is 491 g/mol. The number of anilines is 1. The number of rotatable bonds is 7. The van der Waals surface area contributed by atoms with E-state index in [0.29, 0.717) is 30.5 Å². The summed E-state index contributed by atoms with van der Waals surface area (Å²) in [5, 5.41) is 2.90. The number of pyridine rings is 1. The number of benzene rings is 1. The van der Waals surface area contributed by atoms with E-state index in [4.69, 9.17) is 0 Å². The fourth-order valence-corrected chi connectivity index (χ4v) is 5.04. The van der Waals surface area contributed by atoms with Crippen LogP contribution in [0.4, 0.5) is 5.69 Å². The molecule has 9 heteroatoms. The number of amides is 3. The summed E-state index contributed by atoms with van der Waals surface area (Å²) in [4.78, 5) is 61.7. The van der Waals surface area contributed by atoms with Crippen molar-refractivity contribution in [2.75, 3.05) is 32.1 Å². The van der Waals surface area contributed by atoms with E-state index < -0.39 is 12.1 Å². The molecule has 3 atom stereocenters. The molecule has 3 heterocycles. The van der Waals surface area contributed by atoms with Gasteiger partial charge in [-0.05, 0) is 55.2 Å². The van der Waals surface area contributed by atoms with Crippen molar-refractivity contribution in [3.8, 4) is 0 Å². The van der Waals surface area contributed by atoms with Crippen molar-refractivity contribution in [2.45, 2.75) is 44.8 Å². The third kappa shape index (κ3) is 5.10. The standard InChI is InChI=1S/C27H33N5O4/c1-17(2)15-21(29-25(34)18-5-7-20(8-6-18)30(3)4)27(36)31-14-11-22-24(31)23(33)16-32(22)26(35)19-9-12-28-13-10-19/h5-10,12-13,17,21-22,24H,11,14-16H2,1-4H3,(H,29,34). The molecule has 0 aliphatic carbocycles. The highest BCUT2D eigenvalue weighted by molar-refractivity contribution is 6.03. The number of hydrogen-bond acceptors (Lipinski definition) is 6. The molecule has 36 heavy (non-hydrogen) atoms. The maximum Gasteiger partial charge on any atom is 0.254 e. The maximum absolute atomic E-state index is 13.7. The third-order valence-corrected chi connectivity index (χ3v) is 6.85. The lowest BCUT2D eigenvalue weighted by molar-refractivity contribution is -0.138. The quantitative estimate of drug-likeness (QED) is 0.636. The lowest BCUT2D eigenvalue weighted by Crippen LogP contribution is -2.53. The molecule has 0 bridgehead atoms. The Morgan fingerprint density at radius 1 is 1.03 bits per heavy atom. The second kappa shape index (κ2) is 10.5. The Bertz CT molecular complexity index is 1130. The number of likely N-dealkylation sites (tertiary alicyclic amines) is 2. The fraction of sp³-hybridized carbons (Fsp3) is 0.444. The zero-order valence-electron chi connectivity index (χ0n) is 21.2. The van der Waals surface area contributed by atoms with Crippen LogP contribution >= 0.6 is 0 Å². The molecule has 2 aliphatic heterocycles. The minimum atomic E-state index is -0.762. The number of ketones is 1. The summed E-state index contributed by atoms with van der Waals surface area (Å²) in [6.07, 6.45) is 4.05. The van der Waals surface area contributed by atoms with Crippen molar-refractivity contribution < 1.29 is 19.2 Å². The van der Waals surface area contributed by atoms with Gasteiger partial charge in [-0.2, -0.15) is 0 Å². The molecule has 2 saturated heterocycles. The van der Waals surface area contributed by atoms with E-state index in [1.807, 2.05) is 45.0 Å². The van der Waals surface area contributed by atoms with Crippen molar-refractivity contribution in [1.82, 2.24) is 20.1 Å². The van der Waals surface area contributed by atoms with Gasteiger partial charge in [0.25, 0.3) is 11.8 Å². The number of nitrogens with one attached hydrogen (secondary N) is 1. The second-order valence-electron chi connectivity index (χ2n) is 10.1. The highest BCUT2D eigenvalue weighted by Gasteiger charge is 2.52. The molecule has 3 amide bonds. The number of carbonyl (C=O) groups is 4. The highest BCUT2D eigenvalue weighted by atomic mass is 16.2.